The van der Waals surface area contributed by atoms with E-state index in [1.807, 2.05) is 61.5 Å². The summed E-state index contributed by atoms with van der Waals surface area (Å²) in [5, 5.41) is 3.13. The fourth-order valence-corrected chi connectivity index (χ4v) is 4.85. The molecule has 172 valence electrons. The van der Waals surface area contributed by atoms with Crippen LogP contribution in [0.1, 0.15) is 38.7 Å². The summed E-state index contributed by atoms with van der Waals surface area (Å²) in [6, 6.07) is 30.7. The van der Waals surface area contributed by atoms with Crippen LogP contribution in [0.15, 0.2) is 108 Å². The smallest absolute Gasteiger partial charge is 0.261 e. The molecule has 4 aromatic rings. The van der Waals surface area contributed by atoms with Crippen LogP contribution in [0, 0.1) is 13.8 Å². The topological polar surface area (TPSA) is 75.3 Å². The normalized spacial score (nSPS) is 12.1. The van der Waals surface area contributed by atoms with Crippen molar-refractivity contribution in [2.75, 3.05) is 4.72 Å². The number of carbonyl (C=O) groups excluding carboxylic acids is 1. The quantitative estimate of drug-likeness (QED) is 0.368. The number of rotatable bonds is 7. The summed E-state index contributed by atoms with van der Waals surface area (Å²) in [5.74, 6) is -0.241. The SMILES string of the molecule is Cc1ccc([C@H](NC(=O)c2ccc(NS(=O)(=O)c3ccccc3)c(C)c2)c2ccccc2)cc1. The van der Waals surface area contributed by atoms with Crippen LogP contribution in [-0.4, -0.2) is 14.3 Å². The van der Waals surface area contributed by atoms with Crippen LogP contribution in [0.5, 0.6) is 0 Å². The largest absolute Gasteiger partial charge is 0.341 e. The molecule has 0 aromatic heterocycles. The third-order valence-electron chi connectivity index (χ3n) is 5.61. The fourth-order valence-electron chi connectivity index (χ4n) is 3.70. The third-order valence-corrected chi connectivity index (χ3v) is 6.99. The molecule has 0 saturated heterocycles. The molecule has 0 aliphatic carbocycles. The van der Waals surface area contributed by atoms with Crippen molar-refractivity contribution in [3.05, 3.63) is 131 Å². The highest BCUT2D eigenvalue weighted by Crippen LogP contribution is 2.25. The van der Waals surface area contributed by atoms with E-state index in [4.69, 9.17) is 0 Å². The predicted octanol–water partition coefficient (Wildman–Crippen LogP) is 5.62. The highest BCUT2D eigenvalue weighted by molar-refractivity contribution is 7.92. The maximum Gasteiger partial charge on any atom is 0.261 e. The zero-order valence-corrected chi connectivity index (χ0v) is 19.8. The van der Waals surface area contributed by atoms with Crippen LogP contribution >= 0.6 is 0 Å². The Morgan fingerprint density at radius 3 is 1.94 bits per heavy atom. The number of nitrogens with one attached hydrogen (secondary N) is 2. The summed E-state index contributed by atoms with van der Waals surface area (Å²) < 4.78 is 27.9. The van der Waals surface area contributed by atoms with E-state index < -0.39 is 10.0 Å². The molecule has 0 aliphatic heterocycles. The first-order chi connectivity index (χ1) is 16.3. The van der Waals surface area contributed by atoms with Crippen molar-refractivity contribution in [2.24, 2.45) is 0 Å². The molecule has 0 unspecified atom stereocenters. The Morgan fingerprint density at radius 1 is 0.735 bits per heavy atom. The zero-order valence-electron chi connectivity index (χ0n) is 19.0. The lowest BCUT2D eigenvalue weighted by Crippen LogP contribution is -2.29. The van der Waals surface area contributed by atoms with Gasteiger partial charge in [0.25, 0.3) is 15.9 Å². The predicted molar refractivity (Wildman–Crippen MR) is 135 cm³/mol. The second kappa shape index (κ2) is 9.93. The van der Waals surface area contributed by atoms with Crippen molar-refractivity contribution in [1.29, 1.82) is 0 Å². The molecule has 0 bridgehead atoms. The van der Waals surface area contributed by atoms with Crippen LogP contribution in [0.2, 0.25) is 0 Å². The van der Waals surface area contributed by atoms with Gasteiger partial charge in [-0.25, -0.2) is 8.42 Å². The third kappa shape index (κ3) is 5.35. The minimum atomic E-state index is -3.71. The van der Waals surface area contributed by atoms with E-state index in [1.54, 1.807) is 43.3 Å². The van der Waals surface area contributed by atoms with E-state index in [0.29, 0.717) is 16.8 Å². The highest BCUT2D eigenvalue weighted by atomic mass is 32.2. The van der Waals surface area contributed by atoms with Crippen molar-refractivity contribution in [1.82, 2.24) is 5.32 Å². The fraction of sp³-hybridized carbons (Fsp3) is 0.107. The molecule has 5 nitrogen and oxygen atoms in total. The van der Waals surface area contributed by atoms with E-state index in [2.05, 4.69) is 10.0 Å². The van der Waals surface area contributed by atoms with Gasteiger partial charge in [-0.2, -0.15) is 0 Å². The van der Waals surface area contributed by atoms with Gasteiger partial charge in [0.2, 0.25) is 0 Å². The first kappa shape index (κ1) is 23.3. The Bertz CT molecular complexity index is 1390. The number of hydrogen-bond acceptors (Lipinski definition) is 3. The van der Waals surface area contributed by atoms with Gasteiger partial charge in [0.15, 0.2) is 0 Å². The van der Waals surface area contributed by atoms with Crippen molar-refractivity contribution in [3.8, 4) is 0 Å². The molecule has 34 heavy (non-hydrogen) atoms. The number of carbonyl (C=O) groups is 1. The first-order valence-electron chi connectivity index (χ1n) is 10.9. The van der Waals surface area contributed by atoms with E-state index in [1.165, 1.54) is 12.1 Å². The molecular formula is C28H26N2O3S. The van der Waals surface area contributed by atoms with E-state index in [9.17, 15) is 13.2 Å². The Hall–Kier alpha value is -3.90. The van der Waals surface area contributed by atoms with E-state index >= 15 is 0 Å². The van der Waals surface area contributed by atoms with Gasteiger partial charge in [0, 0.05) is 5.56 Å². The molecule has 0 spiro atoms. The summed E-state index contributed by atoms with van der Waals surface area (Å²) in [5.41, 5.74) is 4.63. The van der Waals surface area contributed by atoms with Gasteiger partial charge in [0.1, 0.15) is 0 Å². The lowest BCUT2D eigenvalue weighted by molar-refractivity contribution is 0.0943. The van der Waals surface area contributed by atoms with Crippen LogP contribution in [0.25, 0.3) is 0 Å². The average molecular weight is 471 g/mol. The van der Waals surface area contributed by atoms with Gasteiger partial charge in [-0.05, 0) is 60.9 Å². The number of hydrogen-bond donors (Lipinski definition) is 2. The van der Waals surface area contributed by atoms with Crippen LogP contribution in [0.3, 0.4) is 0 Å². The highest BCUT2D eigenvalue weighted by Gasteiger charge is 2.19. The molecule has 0 heterocycles. The van der Waals surface area contributed by atoms with Gasteiger partial charge in [-0.3, -0.25) is 9.52 Å². The lowest BCUT2D eigenvalue weighted by Gasteiger charge is -2.20. The van der Waals surface area contributed by atoms with Gasteiger partial charge in [0.05, 0.1) is 16.6 Å². The maximum absolute atomic E-state index is 13.2. The first-order valence-corrected chi connectivity index (χ1v) is 12.4. The Labute approximate surface area is 200 Å². The summed E-state index contributed by atoms with van der Waals surface area (Å²) in [6.07, 6.45) is 0. The van der Waals surface area contributed by atoms with Crippen molar-refractivity contribution in [3.63, 3.8) is 0 Å². The second-order valence-corrected chi connectivity index (χ2v) is 9.86. The minimum Gasteiger partial charge on any atom is -0.341 e. The molecule has 4 rings (SSSR count). The molecular weight excluding hydrogens is 444 g/mol. The molecule has 0 saturated carbocycles. The average Bonchev–Trinajstić information content (AvgIpc) is 2.85. The summed E-state index contributed by atoms with van der Waals surface area (Å²) in [6.45, 7) is 3.80. The maximum atomic E-state index is 13.2. The molecule has 4 aromatic carbocycles. The molecule has 2 N–H and O–H groups in total. The minimum absolute atomic E-state index is 0.181. The lowest BCUT2D eigenvalue weighted by atomic mass is 9.97. The van der Waals surface area contributed by atoms with Gasteiger partial charge in [-0.1, -0.05) is 78.4 Å². The standard InChI is InChI=1S/C28H26N2O3S/c1-20-13-15-23(16-14-20)27(22-9-5-3-6-10-22)29-28(31)24-17-18-26(21(2)19-24)30-34(32,33)25-11-7-4-8-12-25/h3-19,27,30H,1-2H3,(H,29,31)/t27-/m1/s1. The molecule has 1 atom stereocenters. The molecule has 0 radical (unpaired) electrons. The van der Waals surface area contributed by atoms with Crippen molar-refractivity contribution >= 4 is 21.6 Å². The monoisotopic (exact) mass is 470 g/mol. The number of aryl methyl sites for hydroxylation is 2. The van der Waals surface area contributed by atoms with Gasteiger partial charge in [-0.15, -0.1) is 0 Å². The van der Waals surface area contributed by atoms with Crippen LogP contribution in [0.4, 0.5) is 5.69 Å². The summed E-state index contributed by atoms with van der Waals surface area (Å²) >= 11 is 0. The van der Waals surface area contributed by atoms with Crippen LogP contribution < -0.4 is 10.0 Å². The van der Waals surface area contributed by atoms with Crippen LogP contribution in [-0.2, 0) is 10.0 Å². The van der Waals surface area contributed by atoms with Gasteiger partial charge >= 0.3 is 0 Å². The second-order valence-electron chi connectivity index (χ2n) is 8.18. The molecule has 1 amide bonds. The number of anilines is 1. The van der Waals surface area contributed by atoms with Gasteiger partial charge < -0.3 is 5.32 Å². The summed E-state index contributed by atoms with van der Waals surface area (Å²) in [4.78, 5) is 13.4. The van der Waals surface area contributed by atoms with E-state index in [-0.39, 0.29) is 16.8 Å². The Morgan fingerprint density at radius 2 is 1.32 bits per heavy atom. The van der Waals surface area contributed by atoms with Crippen molar-refractivity contribution in [2.45, 2.75) is 24.8 Å². The Kier molecular flexibility index (Phi) is 6.80. The number of benzene rings is 4. The molecule has 6 heteroatoms. The Balaban J connectivity index is 1.57. The zero-order chi connectivity index (χ0) is 24.1. The number of amides is 1. The summed E-state index contributed by atoms with van der Waals surface area (Å²) in [7, 11) is -3.71. The molecule has 0 aliphatic rings. The number of sulfonamides is 1. The van der Waals surface area contributed by atoms with Crippen molar-refractivity contribution < 1.29 is 13.2 Å². The molecule has 0 fully saturated rings. The van der Waals surface area contributed by atoms with E-state index in [0.717, 1.165) is 16.7 Å².